The fourth-order valence-corrected chi connectivity index (χ4v) is 1.35. The largest absolute Gasteiger partial charge is 0.411 e. The third kappa shape index (κ3) is 2.80. The van der Waals surface area contributed by atoms with Gasteiger partial charge in [0.25, 0.3) is 0 Å². The van der Waals surface area contributed by atoms with Gasteiger partial charge in [0.15, 0.2) is 0 Å². The Morgan fingerprint density at radius 2 is 2.24 bits per heavy atom. The Kier molecular flexibility index (Phi) is 3.50. The second kappa shape index (κ2) is 4.52. The molecule has 0 unspecified atom stereocenters. The van der Waals surface area contributed by atoms with Crippen molar-refractivity contribution in [2.24, 2.45) is 10.6 Å². The minimum absolute atomic E-state index is 0.170. The number of imidazole rings is 1. The second-order valence-electron chi connectivity index (χ2n) is 4.84. The fraction of sp³-hybridized carbons (Fsp3) is 0.600. The molecule has 7 heteroatoms. The van der Waals surface area contributed by atoms with E-state index in [0.717, 1.165) is 0 Å². The monoisotopic (exact) mass is 240 g/mol. The summed E-state index contributed by atoms with van der Waals surface area (Å²) in [5.41, 5.74) is 0.675. The van der Waals surface area contributed by atoms with Crippen molar-refractivity contribution < 1.29 is 10.1 Å². The highest BCUT2D eigenvalue weighted by molar-refractivity contribution is 5.88. The summed E-state index contributed by atoms with van der Waals surface area (Å²) in [4.78, 5) is 13.8. The predicted octanol–water partition coefficient (Wildman–Crippen LogP) is 1.98. The average molecular weight is 240 g/mol. The highest BCUT2D eigenvalue weighted by atomic mass is 16.6. The van der Waals surface area contributed by atoms with Crippen molar-refractivity contribution in [1.29, 1.82) is 0 Å². The molecule has 0 aliphatic rings. The van der Waals surface area contributed by atoms with Crippen LogP contribution in [0.25, 0.3) is 0 Å². The van der Waals surface area contributed by atoms with Crippen molar-refractivity contribution in [2.75, 3.05) is 0 Å². The van der Waals surface area contributed by atoms with Crippen LogP contribution in [0.2, 0.25) is 0 Å². The lowest BCUT2D eigenvalue weighted by molar-refractivity contribution is -0.389. The first-order valence-electron chi connectivity index (χ1n) is 5.15. The van der Waals surface area contributed by atoms with Gasteiger partial charge in [-0.1, -0.05) is 25.9 Å². The molecule has 0 spiro atoms. The molecule has 0 saturated heterocycles. The molecule has 0 fully saturated rings. The zero-order valence-electron chi connectivity index (χ0n) is 10.3. The first-order valence-corrected chi connectivity index (χ1v) is 5.15. The highest BCUT2D eigenvalue weighted by Gasteiger charge is 2.24. The van der Waals surface area contributed by atoms with Crippen LogP contribution in [-0.4, -0.2) is 25.4 Å². The Morgan fingerprint density at radius 1 is 1.65 bits per heavy atom. The molecule has 7 nitrogen and oxygen atoms in total. The van der Waals surface area contributed by atoms with Crippen molar-refractivity contribution in [3.8, 4) is 0 Å². The Bertz CT molecular complexity index is 457. The van der Waals surface area contributed by atoms with Crippen LogP contribution in [0.4, 0.5) is 5.82 Å². The molecule has 1 heterocycles. The predicted molar refractivity (Wildman–Crippen MR) is 62.3 cm³/mol. The minimum Gasteiger partial charge on any atom is -0.411 e. The van der Waals surface area contributed by atoms with E-state index in [1.165, 1.54) is 6.33 Å². The fourth-order valence-electron chi connectivity index (χ4n) is 1.35. The summed E-state index contributed by atoms with van der Waals surface area (Å²) in [6, 6.07) is 0. The molecule has 1 aromatic heterocycles. The molecule has 17 heavy (non-hydrogen) atoms. The molecule has 1 aromatic rings. The average Bonchev–Trinajstić information content (AvgIpc) is 2.54. The molecule has 1 N–H and O–H groups in total. The Morgan fingerprint density at radius 3 is 2.59 bits per heavy atom. The van der Waals surface area contributed by atoms with Gasteiger partial charge in [-0.15, -0.1) is 0 Å². The van der Waals surface area contributed by atoms with E-state index in [0.29, 0.717) is 11.4 Å². The number of hydrogen-bond acceptors (Lipinski definition) is 5. The van der Waals surface area contributed by atoms with E-state index in [-0.39, 0.29) is 17.8 Å². The maximum Gasteiger partial charge on any atom is 0.384 e. The van der Waals surface area contributed by atoms with Gasteiger partial charge in [-0.25, -0.2) is 0 Å². The Balaban J connectivity index is 3.01. The van der Waals surface area contributed by atoms with Crippen LogP contribution in [0, 0.1) is 22.5 Å². The quantitative estimate of drug-likeness (QED) is 0.378. The van der Waals surface area contributed by atoms with E-state index in [4.69, 9.17) is 5.21 Å². The molecular formula is C10H16N4O3. The van der Waals surface area contributed by atoms with E-state index in [1.54, 1.807) is 11.5 Å². The number of nitro groups is 1. The van der Waals surface area contributed by atoms with Crippen molar-refractivity contribution >= 4 is 11.5 Å². The van der Waals surface area contributed by atoms with Crippen LogP contribution in [0.3, 0.4) is 0 Å². The van der Waals surface area contributed by atoms with Gasteiger partial charge >= 0.3 is 5.82 Å². The van der Waals surface area contributed by atoms with Crippen molar-refractivity contribution in [3.63, 3.8) is 0 Å². The van der Waals surface area contributed by atoms with Crippen LogP contribution in [-0.2, 0) is 6.54 Å². The maximum absolute atomic E-state index is 10.6. The molecule has 0 aromatic carbocycles. The molecule has 0 aliphatic carbocycles. The van der Waals surface area contributed by atoms with Gasteiger partial charge in [-0.05, 0) is 16.8 Å². The molecular weight excluding hydrogens is 224 g/mol. The van der Waals surface area contributed by atoms with Gasteiger partial charge < -0.3 is 19.9 Å². The van der Waals surface area contributed by atoms with Crippen LogP contribution < -0.4 is 0 Å². The standard InChI is InChI=1S/C10H16N4O3/c1-7-9(14(16)17)11-6-13(7)5-8(12-15)10(2,3)4/h6,15H,5H2,1-4H3. The van der Waals surface area contributed by atoms with Gasteiger partial charge in [0.2, 0.25) is 6.33 Å². The van der Waals surface area contributed by atoms with Gasteiger partial charge in [-0.3, -0.25) is 0 Å². The Hall–Kier alpha value is -1.92. The summed E-state index contributed by atoms with van der Waals surface area (Å²) in [6.45, 7) is 7.61. The van der Waals surface area contributed by atoms with E-state index in [1.807, 2.05) is 20.8 Å². The molecule has 0 amide bonds. The summed E-state index contributed by atoms with van der Waals surface area (Å²) in [5, 5.41) is 22.8. The van der Waals surface area contributed by atoms with Crippen LogP contribution in [0.5, 0.6) is 0 Å². The summed E-state index contributed by atoms with van der Waals surface area (Å²) < 4.78 is 1.60. The van der Waals surface area contributed by atoms with Crippen LogP contribution in [0.15, 0.2) is 11.5 Å². The number of nitrogens with zero attached hydrogens (tertiary/aromatic N) is 4. The van der Waals surface area contributed by atoms with Crippen molar-refractivity contribution in [1.82, 2.24) is 9.55 Å². The number of oxime groups is 1. The Labute approximate surface area is 98.9 Å². The lowest BCUT2D eigenvalue weighted by atomic mass is 9.90. The lowest BCUT2D eigenvalue weighted by Crippen LogP contribution is -2.25. The molecule has 0 bridgehead atoms. The zero-order chi connectivity index (χ0) is 13.2. The molecule has 94 valence electrons. The number of hydrogen-bond donors (Lipinski definition) is 1. The summed E-state index contributed by atoms with van der Waals surface area (Å²) in [6.07, 6.45) is 1.38. The van der Waals surface area contributed by atoms with Gasteiger partial charge in [0.1, 0.15) is 5.69 Å². The first kappa shape index (κ1) is 13.1. The molecule has 1 rings (SSSR count). The third-order valence-electron chi connectivity index (χ3n) is 2.55. The third-order valence-corrected chi connectivity index (χ3v) is 2.55. The van der Waals surface area contributed by atoms with E-state index in [9.17, 15) is 10.1 Å². The number of aromatic nitrogens is 2. The minimum atomic E-state index is -0.529. The zero-order valence-corrected chi connectivity index (χ0v) is 10.3. The highest BCUT2D eigenvalue weighted by Crippen LogP contribution is 2.20. The van der Waals surface area contributed by atoms with Gasteiger partial charge in [0, 0.05) is 5.41 Å². The van der Waals surface area contributed by atoms with Crippen LogP contribution in [0.1, 0.15) is 26.5 Å². The van der Waals surface area contributed by atoms with E-state index >= 15 is 0 Å². The second-order valence-corrected chi connectivity index (χ2v) is 4.84. The van der Waals surface area contributed by atoms with E-state index < -0.39 is 4.92 Å². The molecule has 0 aliphatic heterocycles. The number of rotatable bonds is 3. The molecule has 0 atom stereocenters. The van der Waals surface area contributed by atoms with Crippen molar-refractivity contribution in [2.45, 2.75) is 34.2 Å². The van der Waals surface area contributed by atoms with Crippen molar-refractivity contribution in [3.05, 3.63) is 22.1 Å². The topological polar surface area (TPSA) is 93.5 Å². The SMILES string of the molecule is Cc1c([N+](=O)[O-])ncn1CC(=NO)C(C)(C)C. The first-order chi connectivity index (χ1) is 7.77. The smallest absolute Gasteiger partial charge is 0.384 e. The van der Waals surface area contributed by atoms with Gasteiger partial charge in [-0.2, -0.15) is 0 Å². The molecule has 0 saturated carbocycles. The molecule has 0 radical (unpaired) electrons. The summed E-state index contributed by atoms with van der Waals surface area (Å²) in [7, 11) is 0. The lowest BCUT2D eigenvalue weighted by Gasteiger charge is -2.20. The summed E-state index contributed by atoms with van der Waals surface area (Å²) >= 11 is 0. The summed E-state index contributed by atoms with van der Waals surface area (Å²) in [5.74, 6) is -0.170. The van der Waals surface area contributed by atoms with Crippen LogP contribution >= 0.6 is 0 Å². The maximum atomic E-state index is 10.6. The van der Waals surface area contributed by atoms with E-state index in [2.05, 4.69) is 10.1 Å². The normalized spacial score (nSPS) is 12.8. The van der Waals surface area contributed by atoms with Gasteiger partial charge in [0.05, 0.1) is 12.3 Å².